The van der Waals surface area contributed by atoms with E-state index in [1.807, 2.05) is 0 Å². The quantitative estimate of drug-likeness (QED) is 0.301. The fraction of sp³-hybridized carbons (Fsp3) is 0.269. The number of aliphatic hydroxyl groups is 1. The highest BCUT2D eigenvalue weighted by molar-refractivity contribution is 5.76. The van der Waals surface area contributed by atoms with Crippen LogP contribution in [-0.2, 0) is 23.9 Å². The van der Waals surface area contributed by atoms with Crippen molar-refractivity contribution in [1.82, 2.24) is 20.0 Å². The van der Waals surface area contributed by atoms with Gasteiger partial charge in [0, 0.05) is 24.4 Å². The number of pyridine rings is 1. The Bertz CT molecular complexity index is 1540. The van der Waals surface area contributed by atoms with Gasteiger partial charge in [-0.3, -0.25) is 14.6 Å². The van der Waals surface area contributed by atoms with E-state index < -0.39 is 46.9 Å². The zero-order valence-corrected chi connectivity index (χ0v) is 20.1. The minimum atomic E-state index is -4.44. The first-order valence-electron chi connectivity index (χ1n) is 11.7. The van der Waals surface area contributed by atoms with Crippen LogP contribution in [0.2, 0.25) is 0 Å². The molecule has 2 heterocycles. The van der Waals surface area contributed by atoms with Gasteiger partial charge in [0.1, 0.15) is 5.52 Å². The maximum absolute atomic E-state index is 13.5. The number of carbonyl (C=O) groups is 1. The molecule has 0 fully saturated rings. The Balaban J connectivity index is 1.38. The molecule has 0 amide bonds. The van der Waals surface area contributed by atoms with Gasteiger partial charge in [0.05, 0.1) is 28.7 Å². The monoisotopic (exact) mass is 548 g/mol. The molecule has 0 aliphatic heterocycles. The number of hydrogen-bond donors (Lipinski definition) is 2. The molecule has 2 N–H and O–H groups in total. The van der Waals surface area contributed by atoms with Gasteiger partial charge in [-0.25, -0.2) is 13.5 Å². The average Bonchev–Trinajstić information content (AvgIpc) is 2.89. The minimum absolute atomic E-state index is 0.0427. The van der Waals surface area contributed by atoms with Crippen molar-refractivity contribution in [1.29, 1.82) is 0 Å². The average molecular weight is 548 g/mol. The van der Waals surface area contributed by atoms with Crippen molar-refractivity contribution in [3.8, 4) is 11.3 Å². The molecule has 0 saturated heterocycles. The first-order valence-corrected chi connectivity index (χ1v) is 11.7. The third-order valence-electron chi connectivity index (χ3n) is 6.26. The van der Waals surface area contributed by atoms with Crippen LogP contribution in [0.5, 0.6) is 0 Å². The van der Waals surface area contributed by atoms with Gasteiger partial charge in [0.15, 0.2) is 11.6 Å². The summed E-state index contributed by atoms with van der Waals surface area (Å²) in [6.45, 7) is -0.238. The standard InChI is InChI=1S/C26H21F5N4O4/c27-19-11-18-22(12-20(19)28)33-34-35(24(18)37)10-9-17(25(38)39)23(36)8-2-14-1-7-21(32-13-14)15-3-5-16(6-4-15)26(29,30)31/h1,3-7,11-13,17,23,36H,2,8-10H2,(H,38,39)/t17-,23+/m0/s1. The summed E-state index contributed by atoms with van der Waals surface area (Å²) in [4.78, 5) is 28.6. The van der Waals surface area contributed by atoms with Crippen LogP contribution in [0.3, 0.4) is 0 Å². The summed E-state index contributed by atoms with van der Waals surface area (Å²) in [6, 6.07) is 9.26. The fourth-order valence-electron chi connectivity index (χ4n) is 4.05. The molecule has 2 aromatic carbocycles. The summed E-state index contributed by atoms with van der Waals surface area (Å²) in [7, 11) is 0. The lowest BCUT2D eigenvalue weighted by Crippen LogP contribution is -2.32. The van der Waals surface area contributed by atoms with Gasteiger partial charge >= 0.3 is 12.1 Å². The van der Waals surface area contributed by atoms with Crippen LogP contribution in [0.25, 0.3) is 22.2 Å². The zero-order chi connectivity index (χ0) is 28.3. The lowest BCUT2D eigenvalue weighted by Gasteiger charge is -2.19. The number of aliphatic carboxylic acids is 1. The van der Waals surface area contributed by atoms with E-state index in [0.717, 1.165) is 22.9 Å². The molecule has 204 valence electrons. The largest absolute Gasteiger partial charge is 0.481 e. The Morgan fingerprint density at radius 1 is 1.00 bits per heavy atom. The highest BCUT2D eigenvalue weighted by atomic mass is 19.4. The highest BCUT2D eigenvalue weighted by Crippen LogP contribution is 2.30. The topological polar surface area (TPSA) is 118 Å². The van der Waals surface area contributed by atoms with Crippen molar-refractivity contribution >= 4 is 16.9 Å². The van der Waals surface area contributed by atoms with Crippen LogP contribution in [0, 0.1) is 17.6 Å². The second-order valence-electron chi connectivity index (χ2n) is 8.87. The molecule has 0 aliphatic rings. The number of alkyl halides is 3. The maximum Gasteiger partial charge on any atom is 0.416 e. The Labute approximate surface area is 217 Å². The molecule has 4 aromatic rings. The summed E-state index contributed by atoms with van der Waals surface area (Å²) >= 11 is 0. The number of aromatic nitrogens is 4. The molecule has 2 atom stereocenters. The number of carboxylic acid groups (broad SMARTS) is 1. The lowest BCUT2D eigenvalue weighted by molar-refractivity contribution is -0.146. The van der Waals surface area contributed by atoms with Crippen molar-refractivity contribution in [3.63, 3.8) is 0 Å². The normalized spacial score (nSPS) is 13.4. The molecule has 0 bridgehead atoms. The highest BCUT2D eigenvalue weighted by Gasteiger charge is 2.30. The van der Waals surface area contributed by atoms with E-state index in [0.29, 0.717) is 22.9 Å². The summed E-state index contributed by atoms with van der Waals surface area (Å²) in [5, 5.41) is 27.2. The van der Waals surface area contributed by atoms with E-state index in [4.69, 9.17) is 0 Å². The van der Waals surface area contributed by atoms with Gasteiger partial charge in [0.2, 0.25) is 0 Å². The van der Waals surface area contributed by atoms with Crippen LogP contribution >= 0.6 is 0 Å². The van der Waals surface area contributed by atoms with Crippen molar-refractivity contribution in [2.45, 2.75) is 38.1 Å². The van der Waals surface area contributed by atoms with Crippen molar-refractivity contribution < 1.29 is 37.0 Å². The molecule has 0 aliphatic carbocycles. The Morgan fingerprint density at radius 2 is 1.69 bits per heavy atom. The van der Waals surface area contributed by atoms with Crippen LogP contribution in [0.4, 0.5) is 22.0 Å². The van der Waals surface area contributed by atoms with E-state index >= 15 is 0 Å². The third kappa shape index (κ3) is 6.42. The number of aryl methyl sites for hydroxylation is 2. The molecule has 0 saturated carbocycles. The van der Waals surface area contributed by atoms with Gasteiger partial charge in [0.25, 0.3) is 5.56 Å². The molecule has 13 heteroatoms. The van der Waals surface area contributed by atoms with E-state index in [2.05, 4.69) is 15.3 Å². The summed E-state index contributed by atoms with van der Waals surface area (Å²) < 4.78 is 66.0. The summed E-state index contributed by atoms with van der Waals surface area (Å²) in [5.41, 5.74) is -0.104. The predicted octanol–water partition coefficient (Wildman–Crippen LogP) is 4.24. The van der Waals surface area contributed by atoms with Gasteiger partial charge in [-0.2, -0.15) is 13.2 Å². The Morgan fingerprint density at radius 3 is 2.31 bits per heavy atom. The molecule has 0 spiro atoms. The molecule has 0 radical (unpaired) electrons. The molecule has 39 heavy (non-hydrogen) atoms. The maximum atomic E-state index is 13.5. The van der Waals surface area contributed by atoms with E-state index in [1.54, 1.807) is 12.1 Å². The van der Waals surface area contributed by atoms with Crippen molar-refractivity contribution in [2.24, 2.45) is 5.92 Å². The number of nitrogens with zero attached hydrogens (tertiary/aromatic N) is 4. The van der Waals surface area contributed by atoms with Gasteiger partial charge in [-0.15, -0.1) is 5.10 Å². The van der Waals surface area contributed by atoms with Crippen LogP contribution in [0.15, 0.2) is 59.5 Å². The second kappa shape index (κ2) is 11.2. The minimum Gasteiger partial charge on any atom is -0.481 e. The van der Waals surface area contributed by atoms with E-state index in [-0.39, 0.29) is 36.7 Å². The lowest BCUT2D eigenvalue weighted by atomic mass is 9.93. The van der Waals surface area contributed by atoms with Crippen molar-refractivity contribution in [3.05, 3.63) is 87.8 Å². The summed E-state index contributed by atoms with van der Waals surface area (Å²) in [6.07, 6.45) is -4.14. The molecule has 0 unspecified atom stereocenters. The molecule has 4 rings (SSSR count). The Hall–Kier alpha value is -4.26. The number of hydrogen-bond acceptors (Lipinski definition) is 6. The molecule has 8 nitrogen and oxygen atoms in total. The molecule has 2 aromatic heterocycles. The third-order valence-corrected chi connectivity index (χ3v) is 6.26. The van der Waals surface area contributed by atoms with Gasteiger partial charge in [-0.1, -0.05) is 23.4 Å². The van der Waals surface area contributed by atoms with E-state index in [9.17, 15) is 41.8 Å². The summed E-state index contributed by atoms with van der Waals surface area (Å²) in [5.74, 6) is -4.99. The second-order valence-corrected chi connectivity index (χ2v) is 8.87. The number of carboxylic acids is 1. The fourth-order valence-corrected chi connectivity index (χ4v) is 4.05. The molecular weight excluding hydrogens is 527 g/mol. The van der Waals surface area contributed by atoms with Crippen molar-refractivity contribution in [2.75, 3.05) is 0 Å². The van der Waals surface area contributed by atoms with Crippen LogP contribution in [-0.4, -0.2) is 42.3 Å². The van der Waals surface area contributed by atoms with Gasteiger partial charge < -0.3 is 10.2 Å². The number of benzene rings is 2. The number of halogens is 5. The Kier molecular flexibility index (Phi) is 8.00. The first kappa shape index (κ1) is 27.8. The predicted molar refractivity (Wildman–Crippen MR) is 128 cm³/mol. The number of aliphatic hydroxyl groups excluding tert-OH is 1. The number of fused-ring (bicyclic) bond motifs is 1. The van der Waals surface area contributed by atoms with Gasteiger partial charge in [-0.05, 0) is 49.1 Å². The first-order chi connectivity index (χ1) is 18.4. The van der Waals surface area contributed by atoms with Crippen LogP contribution < -0.4 is 5.56 Å². The molecular formula is C26H21F5N4O4. The zero-order valence-electron chi connectivity index (χ0n) is 20.1. The SMILES string of the molecule is O=C(O)[C@@H](CCn1nnc2cc(F)c(F)cc2c1=O)[C@H](O)CCc1ccc(-c2ccc(C(F)(F)F)cc2)nc1. The number of rotatable bonds is 9. The van der Waals surface area contributed by atoms with E-state index in [1.165, 1.54) is 18.3 Å². The smallest absolute Gasteiger partial charge is 0.416 e. The van der Waals surface area contributed by atoms with Crippen LogP contribution in [0.1, 0.15) is 24.0 Å².